The van der Waals surface area contributed by atoms with Crippen LogP contribution in [0.5, 0.6) is 0 Å². The summed E-state index contributed by atoms with van der Waals surface area (Å²) in [6.45, 7) is 6.47. The first-order chi connectivity index (χ1) is 7.47. The van der Waals surface area contributed by atoms with Crippen molar-refractivity contribution in [3.8, 4) is 0 Å². The molecule has 2 N–H and O–H groups in total. The second-order valence-electron chi connectivity index (χ2n) is 4.24. The molecule has 0 aliphatic heterocycles. The molecule has 0 fully saturated rings. The van der Waals surface area contributed by atoms with Crippen molar-refractivity contribution in [3.63, 3.8) is 0 Å². The smallest absolute Gasteiger partial charge is 0.312 e. The van der Waals surface area contributed by atoms with Crippen molar-refractivity contribution in [2.24, 2.45) is 0 Å². The number of aliphatic carboxylic acids is 1. The molecule has 1 aromatic carbocycles. The molecule has 0 amide bonds. The number of carboxylic acids is 1. The van der Waals surface area contributed by atoms with Crippen molar-refractivity contribution >= 4 is 5.97 Å². The molecule has 1 aromatic rings. The minimum atomic E-state index is -0.777. The molecule has 1 unspecified atom stereocenters. The lowest BCUT2D eigenvalue weighted by Gasteiger charge is -2.16. The maximum Gasteiger partial charge on any atom is 0.312 e. The second kappa shape index (κ2) is 5.12. The van der Waals surface area contributed by atoms with Gasteiger partial charge >= 0.3 is 5.97 Å². The highest BCUT2D eigenvalue weighted by Gasteiger charge is 2.21. The van der Waals surface area contributed by atoms with Crippen LogP contribution in [0.4, 0.5) is 0 Å². The molecule has 1 atom stereocenters. The van der Waals surface area contributed by atoms with Gasteiger partial charge < -0.3 is 10.4 Å². The van der Waals surface area contributed by atoms with Crippen LogP contribution in [-0.4, -0.2) is 24.7 Å². The Morgan fingerprint density at radius 2 is 1.81 bits per heavy atom. The highest BCUT2D eigenvalue weighted by molar-refractivity contribution is 5.77. The number of carbonyl (C=O) groups is 1. The molecule has 16 heavy (non-hydrogen) atoms. The predicted molar refractivity (Wildman–Crippen MR) is 65.0 cm³/mol. The Bertz CT molecular complexity index is 399. The van der Waals surface area contributed by atoms with Crippen molar-refractivity contribution in [1.29, 1.82) is 0 Å². The summed E-state index contributed by atoms with van der Waals surface area (Å²) in [6, 6.07) is 4.04. The lowest BCUT2D eigenvalue weighted by atomic mass is 9.91. The zero-order chi connectivity index (χ0) is 12.3. The van der Waals surface area contributed by atoms with Crippen LogP contribution in [-0.2, 0) is 4.79 Å². The van der Waals surface area contributed by atoms with Crippen molar-refractivity contribution < 1.29 is 9.90 Å². The van der Waals surface area contributed by atoms with E-state index in [1.54, 1.807) is 7.05 Å². The fraction of sp³-hybridized carbons (Fsp3) is 0.462. The molecular weight excluding hydrogens is 202 g/mol. The maximum absolute atomic E-state index is 11.2. The summed E-state index contributed by atoms with van der Waals surface area (Å²) in [5.74, 6) is -1.25. The second-order valence-corrected chi connectivity index (χ2v) is 4.24. The van der Waals surface area contributed by atoms with E-state index in [9.17, 15) is 9.90 Å². The normalized spacial score (nSPS) is 12.5. The van der Waals surface area contributed by atoms with Crippen LogP contribution >= 0.6 is 0 Å². The minimum Gasteiger partial charge on any atom is -0.481 e. The number of hydrogen-bond donors (Lipinski definition) is 2. The van der Waals surface area contributed by atoms with Gasteiger partial charge in [0.15, 0.2) is 0 Å². The van der Waals surface area contributed by atoms with Gasteiger partial charge in [0.1, 0.15) is 0 Å². The molecule has 0 bridgehead atoms. The van der Waals surface area contributed by atoms with Crippen LogP contribution in [0.2, 0.25) is 0 Å². The number of aryl methyl sites for hydroxylation is 3. The first-order valence-electron chi connectivity index (χ1n) is 5.42. The summed E-state index contributed by atoms with van der Waals surface area (Å²) in [4.78, 5) is 11.2. The zero-order valence-electron chi connectivity index (χ0n) is 10.3. The van der Waals surface area contributed by atoms with E-state index < -0.39 is 11.9 Å². The Morgan fingerprint density at radius 1 is 1.25 bits per heavy atom. The van der Waals surface area contributed by atoms with Gasteiger partial charge in [0.2, 0.25) is 0 Å². The zero-order valence-corrected chi connectivity index (χ0v) is 10.3. The highest BCUT2D eigenvalue weighted by atomic mass is 16.4. The van der Waals surface area contributed by atoms with Gasteiger partial charge in [-0.1, -0.05) is 12.1 Å². The quantitative estimate of drug-likeness (QED) is 0.817. The van der Waals surface area contributed by atoms with Crippen molar-refractivity contribution in [3.05, 3.63) is 34.4 Å². The lowest BCUT2D eigenvalue weighted by molar-refractivity contribution is -0.138. The van der Waals surface area contributed by atoms with Crippen LogP contribution in [0, 0.1) is 20.8 Å². The van der Waals surface area contributed by atoms with Crippen molar-refractivity contribution in [1.82, 2.24) is 5.32 Å². The largest absolute Gasteiger partial charge is 0.481 e. The van der Waals surface area contributed by atoms with Gasteiger partial charge in [0, 0.05) is 6.54 Å². The number of nitrogens with one attached hydrogen (secondary N) is 1. The summed E-state index contributed by atoms with van der Waals surface area (Å²) in [5, 5.41) is 12.1. The van der Waals surface area contributed by atoms with Gasteiger partial charge in [0.25, 0.3) is 0 Å². The van der Waals surface area contributed by atoms with Gasteiger partial charge in [-0.3, -0.25) is 4.79 Å². The molecule has 0 saturated heterocycles. The van der Waals surface area contributed by atoms with E-state index in [-0.39, 0.29) is 0 Å². The molecule has 3 nitrogen and oxygen atoms in total. The van der Waals surface area contributed by atoms with E-state index in [0.717, 1.165) is 16.7 Å². The van der Waals surface area contributed by atoms with Crippen LogP contribution in [0.1, 0.15) is 28.2 Å². The Hall–Kier alpha value is -1.35. The summed E-state index contributed by atoms with van der Waals surface area (Å²) in [5.41, 5.74) is 4.30. The average molecular weight is 221 g/mol. The molecule has 1 rings (SSSR count). The number of hydrogen-bond acceptors (Lipinski definition) is 2. The minimum absolute atomic E-state index is 0.457. The topological polar surface area (TPSA) is 49.3 Å². The Balaban J connectivity index is 3.18. The van der Waals surface area contributed by atoms with E-state index in [2.05, 4.69) is 11.4 Å². The van der Waals surface area contributed by atoms with E-state index in [1.807, 2.05) is 26.8 Å². The molecule has 0 aromatic heterocycles. The standard InChI is InChI=1S/C13H19NO2/c1-8-5-10(3)11(6-9(8)2)12(7-14-4)13(15)16/h5-6,12,14H,7H2,1-4H3,(H,15,16). The van der Waals surface area contributed by atoms with Crippen LogP contribution in [0.3, 0.4) is 0 Å². The third-order valence-electron chi connectivity index (χ3n) is 2.96. The van der Waals surface area contributed by atoms with Crippen LogP contribution in [0.15, 0.2) is 12.1 Å². The first-order valence-corrected chi connectivity index (χ1v) is 5.42. The maximum atomic E-state index is 11.2. The molecule has 0 aliphatic carbocycles. The highest BCUT2D eigenvalue weighted by Crippen LogP contribution is 2.23. The number of likely N-dealkylation sites (N-methyl/N-ethyl adjacent to an activating group) is 1. The van der Waals surface area contributed by atoms with Crippen molar-refractivity contribution in [2.75, 3.05) is 13.6 Å². The van der Waals surface area contributed by atoms with Gasteiger partial charge in [0.05, 0.1) is 5.92 Å². The van der Waals surface area contributed by atoms with E-state index >= 15 is 0 Å². The Labute approximate surface area is 96.5 Å². The third-order valence-corrected chi connectivity index (χ3v) is 2.96. The monoisotopic (exact) mass is 221 g/mol. The summed E-state index contributed by atoms with van der Waals surface area (Å²) in [6.07, 6.45) is 0. The van der Waals surface area contributed by atoms with Gasteiger partial charge in [-0.2, -0.15) is 0 Å². The van der Waals surface area contributed by atoms with Crippen LogP contribution < -0.4 is 5.32 Å². The van der Waals surface area contributed by atoms with E-state index in [0.29, 0.717) is 6.54 Å². The fourth-order valence-corrected chi connectivity index (χ4v) is 1.89. The molecule has 3 heteroatoms. The van der Waals surface area contributed by atoms with Gasteiger partial charge in [-0.15, -0.1) is 0 Å². The molecule has 0 radical (unpaired) electrons. The molecular formula is C13H19NO2. The van der Waals surface area contributed by atoms with Gasteiger partial charge in [-0.05, 0) is 50.1 Å². The van der Waals surface area contributed by atoms with E-state index in [1.165, 1.54) is 5.56 Å². The first kappa shape index (κ1) is 12.7. The fourth-order valence-electron chi connectivity index (χ4n) is 1.89. The molecule has 0 heterocycles. The third kappa shape index (κ3) is 2.61. The number of rotatable bonds is 4. The van der Waals surface area contributed by atoms with Crippen molar-refractivity contribution in [2.45, 2.75) is 26.7 Å². The van der Waals surface area contributed by atoms with E-state index in [4.69, 9.17) is 0 Å². The average Bonchev–Trinajstić information content (AvgIpc) is 2.20. The number of carboxylic acid groups (broad SMARTS) is 1. The van der Waals surface area contributed by atoms with Gasteiger partial charge in [-0.25, -0.2) is 0 Å². The Kier molecular flexibility index (Phi) is 4.07. The summed E-state index contributed by atoms with van der Waals surface area (Å²) < 4.78 is 0. The Morgan fingerprint density at radius 3 is 2.31 bits per heavy atom. The lowest BCUT2D eigenvalue weighted by Crippen LogP contribution is -2.24. The molecule has 0 spiro atoms. The number of benzene rings is 1. The molecule has 0 aliphatic rings. The SMILES string of the molecule is CNCC(C(=O)O)c1cc(C)c(C)cc1C. The molecule has 0 saturated carbocycles. The predicted octanol–water partition coefficient (Wildman–Crippen LogP) is 2.00. The van der Waals surface area contributed by atoms with Crippen LogP contribution in [0.25, 0.3) is 0 Å². The molecule has 88 valence electrons. The summed E-state index contributed by atoms with van der Waals surface area (Å²) >= 11 is 0. The summed E-state index contributed by atoms with van der Waals surface area (Å²) in [7, 11) is 1.77.